The van der Waals surface area contributed by atoms with E-state index >= 15 is 0 Å². The molecule has 4 nitrogen and oxygen atoms in total. The molecule has 3 rings (SSSR count). The molecule has 1 aliphatic heterocycles. The Bertz CT molecular complexity index is 625. The highest BCUT2D eigenvalue weighted by molar-refractivity contribution is 5.88. The minimum atomic E-state index is -0.881. The van der Waals surface area contributed by atoms with Crippen LogP contribution in [0.5, 0.6) is 0 Å². The predicted octanol–water partition coefficient (Wildman–Crippen LogP) is 2.41. The molecule has 22 heavy (non-hydrogen) atoms. The van der Waals surface area contributed by atoms with Gasteiger partial charge in [0.05, 0.1) is 5.56 Å². The lowest BCUT2D eigenvalue weighted by molar-refractivity contribution is 0.0697. The zero-order valence-electron chi connectivity index (χ0n) is 12.4. The van der Waals surface area contributed by atoms with Gasteiger partial charge in [-0.05, 0) is 36.2 Å². The number of carboxylic acid groups (broad SMARTS) is 1. The third-order valence-corrected chi connectivity index (χ3v) is 4.06. The first kappa shape index (κ1) is 14.6. The number of nitrogens with one attached hydrogen (secondary N) is 1. The zero-order valence-corrected chi connectivity index (χ0v) is 12.4. The van der Waals surface area contributed by atoms with Crippen molar-refractivity contribution >= 4 is 11.7 Å². The number of carbonyl (C=O) groups is 1. The summed E-state index contributed by atoms with van der Waals surface area (Å²) < 4.78 is 0. The summed E-state index contributed by atoms with van der Waals surface area (Å²) in [6.07, 6.45) is 1.00. The van der Waals surface area contributed by atoms with E-state index in [-0.39, 0.29) is 0 Å². The second kappa shape index (κ2) is 6.62. The second-order valence-corrected chi connectivity index (χ2v) is 5.64. The van der Waals surface area contributed by atoms with Gasteiger partial charge in [0.25, 0.3) is 0 Å². The third kappa shape index (κ3) is 3.46. The summed E-state index contributed by atoms with van der Waals surface area (Å²) in [5, 5.41) is 12.5. The number of rotatable bonds is 4. The number of nitrogens with zero attached hydrogens (tertiary/aromatic N) is 1. The molecule has 1 fully saturated rings. The average molecular weight is 296 g/mol. The van der Waals surface area contributed by atoms with Crippen LogP contribution in [0.1, 0.15) is 15.9 Å². The van der Waals surface area contributed by atoms with Crippen LogP contribution < -0.4 is 10.2 Å². The van der Waals surface area contributed by atoms with Gasteiger partial charge in [-0.25, -0.2) is 4.79 Å². The van der Waals surface area contributed by atoms with E-state index < -0.39 is 5.97 Å². The van der Waals surface area contributed by atoms with Gasteiger partial charge in [-0.3, -0.25) is 0 Å². The van der Waals surface area contributed by atoms with E-state index in [1.54, 1.807) is 12.1 Å². The second-order valence-electron chi connectivity index (χ2n) is 5.64. The number of piperazine rings is 1. The van der Waals surface area contributed by atoms with Gasteiger partial charge >= 0.3 is 5.97 Å². The van der Waals surface area contributed by atoms with Crippen LogP contribution >= 0.6 is 0 Å². The fourth-order valence-electron chi connectivity index (χ4n) is 2.91. The standard InChI is InChI=1S/C18H20N2O2/c21-18(22)15-6-8-17(9-7-15)20-11-10-19-16(13-20)12-14-4-2-1-3-5-14/h1-9,16,19H,10-13H2,(H,21,22)/t16-/m1/s1. The molecule has 114 valence electrons. The molecule has 0 radical (unpaired) electrons. The maximum Gasteiger partial charge on any atom is 0.335 e. The first-order chi connectivity index (χ1) is 10.7. The molecule has 1 aliphatic rings. The zero-order chi connectivity index (χ0) is 15.4. The molecule has 2 N–H and O–H groups in total. The number of aromatic carboxylic acids is 1. The van der Waals surface area contributed by atoms with Gasteiger partial charge in [0.15, 0.2) is 0 Å². The maximum atomic E-state index is 10.9. The van der Waals surface area contributed by atoms with Crippen LogP contribution in [0.4, 0.5) is 5.69 Å². The van der Waals surface area contributed by atoms with Crippen molar-refractivity contribution in [1.29, 1.82) is 0 Å². The smallest absolute Gasteiger partial charge is 0.335 e. The Morgan fingerprint density at radius 1 is 1.14 bits per heavy atom. The topological polar surface area (TPSA) is 52.6 Å². The van der Waals surface area contributed by atoms with Crippen LogP contribution in [0.3, 0.4) is 0 Å². The number of anilines is 1. The van der Waals surface area contributed by atoms with E-state index in [1.165, 1.54) is 5.56 Å². The molecule has 1 heterocycles. The normalized spacial score (nSPS) is 18.2. The van der Waals surface area contributed by atoms with Gasteiger partial charge in [-0.2, -0.15) is 0 Å². The van der Waals surface area contributed by atoms with Gasteiger partial charge in [0.2, 0.25) is 0 Å². The summed E-state index contributed by atoms with van der Waals surface area (Å²) in [7, 11) is 0. The molecule has 0 unspecified atom stereocenters. The third-order valence-electron chi connectivity index (χ3n) is 4.06. The van der Waals surface area contributed by atoms with Gasteiger partial charge < -0.3 is 15.3 Å². The molecule has 1 saturated heterocycles. The Balaban J connectivity index is 1.66. The van der Waals surface area contributed by atoms with Crippen LogP contribution in [0, 0.1) is 0 Å². The first-order valence-electron chi connectivity index (χ1n) is 7.58. The molecule has 0 amide bonds. The van der Waals surface area contributed by atoms with Crippen molar-refractivity contribution in [3.8, 4) is 0 Å². The van der Waals surface area contributed by atoms with Crippen molar-refractivity contribution in [3.05, 3.63) is 65.7 Å². The largest absolute Gasteiger partial charge is 0.478 e. The number of hydrogen-bond acceptors (Lipinski definition) is 3. The summed E-state index contributed by atoms with van der Waals surface area (Å²) in [4.78, 5) is 13.2. The summed E-state index contributed by atoms with van der Waals surface area (Å²) >= 11 is 0. The van der Waals surface area contributed by atoms with Crippen molar-refractivity contribution in [2.45, 2.75) is 12.5 Å². The van der Waals surface area contributed by atoms with E-state index in [4.69, 9.17) is 5.11 Å². The van der Waals surface area contributed by atoms with Crippen molar-refractivity contribution in [1.82, 2.24) is 5.32 Å². The molecule has 2 aromatic rings. The highest BCUT2D eigenvalue weighted by Crippen LogP contribution is 2.18. The molecule has 0 saturated carbocycles. The minimum absolute atomic E-state index is 0.333. The van der Waals surface area contributed by atoms with Gasteiger partial charge in [0.1, 0.15) is 0 Å². The summed E-state index contributed by atoms with van der Waals surface area (Å²) in [6, 6.07) is 18.0. The maximum absolute atomic E-state index is 10.9. The minimum Gasteiger partial charge on any atom is -0.478 e. The van der Waals surface area contributed by atoms with Crippen LogP contribution in [0.2, 0.25) is 0 Å². The van der Waals surface area contributed by atoms with E-state index in [2.05, 4.69) is 34.5 Å². The lowest BCUT2D eigenvalue weighted by atomic mass is 10.0. The van der Waals surface area contributed by atoms with Crippen LogP contribution in [0.15, 0.2) is 54.6 Å². The van der Waals surface area contributed by atoms with Crippen LogP contribution in [-0.2, 0) is 6.42 Å². The molecule has 0 bridgehead atoms. The number of carboxylic acids is 1. The van der Waals surface area contributed by atoms with Crippen molar-refractivity contribution in [2.75, 3.05) is 24.5 Å². The Morgan fingerprint density at radius 2 is 1.86 bits per heavy atom. The lowest BCUT2D eigenvalue weighted by Crippen LogP contribution is -2.51. The predicted molar refractivity (Wildman–Crippen MR) is 87.6 cm³/mol. The van der Waals surface area contributed by atoms with Crippen molar-refractivity contribution in [2.24, 2.45) is 0 Å². The highest BCUT2D eigenvalue weighted by Gasteiger charge is 2.20. The fraction of sp³-hybridized carbons (Fsp3) is 0.278. The molecular weight excluding hydrogens is 276 g/mol. The van der Waals surface area contributed by atoms with Gasteiger partial charge in [-0.1, -0.05) is 30.3 Å². The number of hydrogen-bond donors (Lipinski definition) is 2. The fourth-order valence-corrected chi connectivity index (χ4v) is 2.91. The molecule has 0 aliphatic carbocycles. The lowest BCUT2D eigenvalue weighted by Gasteiger charge is -2.35. The van der Waals surface area contributed by atoms with E-state index in [0.29, 0.717) is 11.6 Å². The molecule has 0 spiro atoms. The van der Waals surface area contributed by atoms with Crippen LogP contribution in [-0.4, -0.2) is 36.8 Å². The molecule has 0 aromatic heterocycles. The molecule has 2 aromatic carbocycles. The monoisotopic (exact) mass is 296 g/mol. The van der Waals surface area contributed by atoms with Crippen LogP contribution in [0.25, 0.3) is 0 Å². The van der Waals surface area contributed by atoms with E-state index in [1.807, 2.05) is 18.2 Å². The SMILES string of the molecule is O=C(O)c1ccc(N2CCN[C@H](Cc3ccccc3)C2)cc1. The van der Waals surface area contributed by atoms with Gasteiger partial charge in [-0.15, -0.1) is 0 Å². The summed E-state index contributed by atoms with van der Waals surface area (Å²) in [5.74, 6) is -0.881. The van der Waals surface area contributed by atoms with E-state index in [0.717, 1.165) is 31.7 Å². The molecule has 4 heteroatoms. The van der Waals surface area contributed by atoms with Gasteiger partial charge in [0, 0.05) is 31.4 Å². The molecule has 1 atom stereocenters. The Hall–Kier alpha value is -2.33. The quantitative estimate of drug-likeness (QED) is 0.910. The Morgan fingerprint density at radius 3 is 2.55 bits per heavy atom. The Kier molecular flexibility index (Phi) is 4.39. The number of benzene rings is 2. The Labute approximate surface area is 130 Å². The first-order valence-corrected chi connectivity index (χ1v) is 7.58. The molecular formula is C18H20N2O2. The van der Waals surface area contributed by atoms with Crippen molar-refractivity contribution < 1.29 is 9.90 Å². The average Bonchev–Trinajstić information content (AvgIpc) is 2.56. The summed E-state index contributed by atoms with van der Waals surface area (Å²) in [5.41, 5.74) is 2.76. The van der Waals surface area contributed by atoms with E-state index in [9.17, 15) is 4.79 Å². The highest BCUT2D eigenvalue weighted by atomic mass is 16.4. The van der Waals surface area contributed by atoms with Crippen molar-refractivity contribution in [3.63, 3.8) is 0 Å². The summed E-state index contributed by atoms with van der Waals surface area (Å²) in [6.45, 7) is 2.82.